The molecule has 3 rings (SSSR count). The summed E-state index contributed by atoms with van der Waals surface area (Å²) in [6.45, 7) is 1.99. The number of phenols is 1. The van der Waals surface area contributed by atoms with Gasteiger partial charge in [-0.15, -0.1) is 0 Å². The van der Waals surface area contributed by atoms with E-state index in [1.165, 1.54) is 7.11 Å². The molecule has 6 heteroatoms. The largest absolute Gasteiger partial charge is 0.503 e. The molecule has 0 radical (unpaired) electrons. The maximum Gasteiger partial charge on any atom is 0.176 e. The molecule has 3 aromatic rings. The van der Waals surface area contributed by atoms with Crippen molar-refractivity contribution in [3.05, 3.63) is 52.3 Å². The molecule has 0 atom stereocenters. The summed E-state index contributed by atoms with van der Waals surface area (Å²) >= 11 is 5.99. The lowest BCUT2D eigenvalue weighted by Crippen LogP contribution is -1.88. The molecule has 24 heavy (non-hydrogen) atoms. The normalized spacial score (nSPS) is 11.5. The number of halogens is 1. The molecule has 0 aliphatic rings. The van der Waals surface area contributed by atoms with Crippen LogP contribution in [0, 0.1) is 18.3 Å². The zero-order valence-corrected chi connectivity index (χ0v) is 13.8. The van der Waals surface area contributed by atoms with Gasteiger partial charge < -0.3 is 14.8 Å². The van der Waals surface area contributed by atoms with Crippen LogP contribution in [0.15, 0.2) is 30.3 Å². The molecule has 0 fully saturated rings. The van der Waals surface area contributed by atoms with Crippen molar-refractivity contribution < 1.29 is 9.84 Å². The maximum atomic E-state index is 9.79. The first-order valence-corrected chi connectivity index (χ1v) is 7.54. The molecule has 120 valence electrons. The molecule has 0 saturated carbocycles. The van der Waals surface area contributed by atoms with E-state index in [1.54, 1.807) is 18.2 Å². The third-order valence-corrected chi connectivity index (χ3v) is 3.88. The topological polar surface area (TPSA) is 81.9 Å². The van der Waals surface area contributed by atoms with Crippen LogP contribution in [-0.2, 0) is 0 Å². The van der Waals surface area contributed by atoms with Crippen molar-refractivity contribution in [1.29, 1.82) is 5.26 Å². The van der Waals surface area contributed by atoms with Crippen LogP contribution in [0.5, 0.6) is 11.5 Å². The Labute approximate surface area is 143 Å². The number of hydrogen-bond acceptors (Lipinski definition) is 4. The summed E-state index contributed by atoms with van der Waals surface area (Å²) < 4.78 is 5.08. The first-order valence-electron chi connectivity index (χ1n) is 7.17. The van der Waals surface area contributed by atoms with Gasteiger partial charge in [0.05, 0.1) is 28.7 Å². The molecule has 1 heterocycles. The van der Waals surface area contributed by atoms with Crippen molar-refractivity contribution in [1.82, 2.24) is 9.97 Å². The monoisotopic (exact) mass is 339 g/mol. The summed E-state index contributed by atoms with van der Waals surface area (Å²) in [5.41, 5.74) is 3.75. The maximum absolute atomic E-state index is 9.79. The number of imidazole rings is 1. The Balaban J connectivity index is 2.09. The number of H-pyrrole nitrogens is 1. The fraction of sp³-hybridized carbons (Fsp3) is 0.111. The fourth-order valence-corrected chi connectivity index (χ4v) is 2.62. The average molecular weight is 340 g/mol. The summed E-state index contributed by atoms with van der Waals surface area (Å²) in [7, 11) is 1.44. The number of rotatable bonds is 3. The molecule has 0 aliphatic carbocycles. The van der Waals surface area contributed by atoms with Gasteiger partial charge in [0.15, 0.2) is 11.5 Å². The molecule has 1 aromatic heterocycles. The molecule has 0 aliphatic heterocycles. The lowest BCUT2D eigenvalue weighted by molar-refractivity contribution is 0.373. The van der Waals surface area contributed by atoms with Crippen LogP contribution in [0.3, 0.4) is 0 Å². The summed E-state index contributed by atoms with van der Waals surface area (Å²) in [6, 6.07) is 11.1. The van der Waals surface area contributed by atoms with Gasteiger partial charge in [0.25, 0.3) is 0 Å². The predicted octanol–water partition coefficient (Wildman–Crippen LogP) is 4.30. The third-order valence-electron chi connectivity index (χ3n) is 3.59. The number of ether oxygens (including phenoxy) is 1. The molecule has 0 saturated heterocycles. The van der Waals surface area contributed by atoms with Crippen molar-refractivity contribution in [2.24, 2.45) is 0 Å². The van der Waals surface area contributed by atoms with E-state index < -0.39 is 0 Å². The van der Waals surface area contributed by atoms with E-state index in [4.69, 9.17) is 16.3 Å². The van der Waals surface area contributed by atoms with Gasteiger partial charge in [-0.05, 0) is 48.4 Å². The standard InChI is InChI=1S/C18H14ClN3O2/c1-10-3-4-14-15(5-10)22-18(21-14)12(9-20)6-11-7-13(19)17(23)16(8-11)24-2/h3-8,23H,1-2H3,(H,21,22)/b12-6-. The lowest BCUT2D eigenvalue weighted by atomic mass is 10.1. The summed E-state index contributed by atoms with van der Waals surface area (Å²) in [4.78, 5) is 7.59. The van der Waals surface area contributed by atoms with Crippen molar-refractivity contribution in [3.8, 4) is 17.6 Å². The van der Waals surface area contributed by atoms with Gasteiger partial charge in [-0.25, -0.2) is 4.98 Å². The van der Waals surface area contributed by atoms with E-state index in [2.05, 4.69) is 16.0 Å². The zero-order chi connectivity index (χ0) is 17.3. The molecule has 0 unspecified atom stereocenters. The van der Waals surface area contributed by atoms with Crippen LogP contribution < -0.4 is 4.74 Å². The number of nitrogens with zero attached hydrogens (tertiary/aromatic N) is 2. The summed E-state index contributed by atoms with van der Waals surface area (Å²) in [5, 5.41) is 19.4. The molecule has 5 nitrogen and oxygen atoms in total. The molecule has 0 bridgehead atoms. The van der Waals surface area contributed by atoms with E-state index in [1.807, 2.05) is 25.1 Å². The highest BCUT2D eigenvalue weighted by molar-refractivity contribution is 6.32. The Morgan fingerprint density at radius 3 is 2.88 bits per heavy atom. The number of allylic oxidation sites excluding steroid dienone is 1. The van der Waals surface area contributed by atoms with E-state index in [0.29, 0.717) is 17.0 Å². The lowest BCUT2D eigenvalue weighted by Gasteiger charge is -2.06. The molecular formula is C18H14ClN3O2. The Kier molecular flexibility index (Phi) is 4.15. The van der Waals surface area contributed by atoms with Crippen molar-refractivity contribution >= 4 is 34.3 Å². The van der Waals surface area contributed by atoms with Gasteiger partial charge in [0, 0.05) is 0 Å². The van der Waals surface area contributed by atoms with E-state index in [0.717, 1.165) is 16.6 Å². The average Bonchev–Trinajstić information content (AvgIpc) is 2.98. The second kappa shape index (κ2) is 6.26. The molecule has 2 aromatic carbocycles. The molecule has 0 spiro atoms. The van der Waals surface area contributed by atoms with Crippen LogP contribution in [0.4, 0.5) is 0 Å². The fourth-order valence-electron chi connectivity index (χ4n) is 2.40. The van der Waals surface area contributed by atoms with Crippen LogP contribution in [0.2, 0.25) is 5.02 Å². The first-order chi connectivity index (χ1) is 11.5. The SMILES string of the molecule is COc1cc(/C=C(/C#N)c2nc3ccc(C)cc3[nH]2)cc(Cl)c1O. The number of nitriles is 1. The van der Waals surface area contributed by atoms with Gasteiger partial charge in [-0.1, -0.05) is 17.7 Å². The number of benzene rings is 2. The Morgan fingerprint density at radius 2 is 2.17 bits per heavy atom. The van der Waals surface area contributed by atoms with Gasteiger partial charge in [0.1, 0.15) is 11.9 Å². The predicted molar refractivity (Wildman–Crippen MR) is 94.0 cm³/mol. The Bertz CT molecular complexity index is 999. The van der Waals surface area contributed by atoms with Crippen LogP contribution in [0.1, 0.15) is 17.0 Å². The highest BCUT2D eigenvalue weighted by atomic mass is 35.5. The summed E-state index contributed by atoms with van der Waals surface area (Å²) in [5.74, 6) is 0.585. The minimum Gasteiger partial charge on any atom is -0.503 e. The number of aromatic amines is 1. The van der Waals surface area contributed by atoms with E-state index >= 15 is 0 Å². The number of hydrogen-bond donors (Lipinski definition) is 2. The minimum absolute atomic E-state index is 0.131. The number of aromatic nitrogens is 2. The Hall–Kier alpha value is -2.97. The van der Waals surface area contributed by atoms with Gasteiger partial charge in [-0.2, -0.15) is 5.26 Å². The highest BCUT2D eigenvalue weighted by Gasteiger charge is 2.11. The molecule has 2 N–H and O–H groups in total. The van der Waals surface area contributed by atoms with Crippen molar-refractivity contribution in [2.75, 3.05) is 7.11 Å². The van der Waals surface area contributed by atoms with Gasteiger partial charge in [0.2, 0.25) is 0 Å². The number of methoxy groups -OCH3 is 1. The van der Waals surface area contributed by atoms with Gasteiger partial charge in [-0.3, -0.25) is 0 Å². The zero-order valence-electron chi connectivity index (χ0n) is 13.1. The van der Waals surface area contributed by atoms with E-state index in [9.17, 15) is 10.4 Å². The van der Waals surface area contributed by atoms with Crippen LogP contribution >= 0.6 is 11.6 Å². The molecule has 0 amide bonds. The number of aryl methyl sites for hydroxylation is 1. The number of aromatic hydroxyl groups is 1. The van der Waals surface area contributed by atoms with Gasteiger partial charge >= 0.3 is 0 Å². The first kappa shape index (κ1) is 15.9. The Morgan fingerprint density at radius 1 is 1.38 bits per heavy atom. The van der Waals surface area contributed by atoms with Crippen LogP contribution in [-0.4, -0.2) is 22.2 Å². The highest BCUT2D eigenvalue weighted by Crippen LogP contribution is 2.36. The minimum atomic E-state index is -0.131. The number of phenolic OH excluding ortho intramolecular Hbond substituents is 1. The molecular weight excluding hydrogens is 326 g/mol. The van der Waals surface area contributed by atoms with Crippen molar-refractivity contribution in [2.45, 2.75) is 6.92 Å². The second-order valence-corrected chi connectivity index (χ2v) is 5.74. The second-order valence-electron chi connectivity index (χ2n) is 5.33. The van der Waals surface area contributed by atoms with Crippen LogP contribution in [0.25, 0.3) is 22.7 Å². The summed E-state index contributed by atoms with van der Waals surface area (Å²) in [6.07, 6.45) is 1.64. The van der Waals surface area contributed by atoms with Crippen molar-refractivity contribution in [3.63, 3.8) is 0 Å². The number of fused-ring (bicyclic) bond motifs is 1. The smallest absolute Gasteiger partial charge is 0.176 e. The van der Waals surface area contributed by atoms with E-state index in [-0.39, 0.29) is 16.5 Å². The third kappa shape index (κ3) is 2.92. The number of nitrogens with one attached hydrogen (secondary N) is 1. The quantitative estimate of drug-likeness (QED) is 0.697.